The maximum absolute atomic E-state index is 11.6. The molecule has 0 aromatic heterocycles. The smallest absolute Gasteiger partial charge is 0.504 e. The van der Waals surface area contributed by atoms with Gasteiger partial charge in [0.15, 0.2) is 11.5 Å². The number of rotatable bonds is 2. The zero-order valence-electron chi connectivity index (χ0n) is 10.9. The molecule has 0 saturated carbocycles. The van der Waals surface area contributed by atoms with Gasteiger partial charge in [0.25, 0.3) is 0 Å². The van der Waals surface area contributed by atoms with Crippen molar-refractivity contribution in [3.63, 3.8) is 0 Å². The number of carbonyl (C=O) groups is 1. The Balaban J connectivity index is 3.05. The van der Waals surface area contributed by atoms with Gasteiger partial charge in [0.2, 0.25) is 0 Å². The predicted molar refractivity (Wildman–Crippen MR) is 87.0 cm³/mol. The molecular formula is C12H14I2O5. The molecule has 1 N–H and O–H groups in total. The summed E-state index contributed by atoms with van der Waals surface area (Å²) < 4.78 is 16.5. The summed E-state index contributed by atoms with van der Waals surface area (Å²) in [6, 6.07) is 1.46. The molecule has 0 radical (unpaired) electrons. The Morgan fingerprint density at radius 2 is 1.84 bits per heavy atom. The number of halogens is 2. The molecule has 106 valence electrons. The van der Waals surface area contributed by atoms with Crippen molar-refractivity contribution in [1.82, 2.24) is 0 Å². The zero-order valence-corrected chi connectivity index (χ0v) is 15.2. The molecule has 0 saturated heterocycles. The number of benzene rings is 1. The predicted octanol–water partition coefficient (Wildman–Crippen LogP) is 3.92. The largest absolute Gasteiger partial charge is 0.514 e. The third-order valence-electron chi connectivity index (χ3n) is 1.89. The Kier molecular flexibility index (Phi) is 5.53. The fourth-order valence-corrected chi connectivity index (χ4v) is 3.41. The molecule has 0 fully saturated rings. The van der Waals surface area contributed by atoms with Gasteiger partial charge in [-0.25, -0.2) is 4.79 Å². The summed E-state index contributed by atoms with van der Waals surface area (Å²) in [5, 5.41) is 9.84. The van der Waals surface area contributed by atoms with E-state index in [9.17, 15) is 9.90 Å². The highest BCUT2D eigenvalue weighted by molar-refractivity contribution is 14.1. The molecule has 1 aromatic rings. The van der Waals surface area contributed by atoms with Crippen LogP contribution in [0, 0.1) is 7.14 Å². The molecule has 0 bridgehead atoms. The summed E-state index contributed by atoms with van der Waals surface area (Å²) in [5.74, 6) is 0.435. The Morgan fingerprint density at radius 1 is 1.26 bits per heavy atom. The average molecular weight is 492 g/mol. The van der Waals surface area contributed by atoms with E-state index in [0.29, 0.717) is 9.32 Å². The maximum atomic E-state index is 11.6. The second kappa shape index (κ2) is 6.33. The molecule has 0 aliphatic rings. The van der Waals surface area contributed by atoms with Gasteiger partial charge in [0.05, 0.1) is 10.7 Å². The maximum Gasteiger partial charge on any atom is 0.514 e. The van der Waals surface area contributed by atoms with Crippen molar-refractivity contribution in [3.8, 4) is 17.2 Å². The van der Waals surface area contributed by atoms with Crippen LogP contribution in [-0.4, -0.2) is 24.0 Å². The molecule has 0 amide bonds. The molecule has 0 heterocycles. The second-order valence-corrected chi connectivity index (χ2v) is 6.86. The van der Waals surface area contributed by atoms with Gasteiger partial charge < -0.3 is 19.3 Å². The van der Waals surface area contributed by atoms with E-state index in [4.69, 9.17) is 14.2 Å². The summed E-state index contributed by atoms with van der Waals surface area (Å²) in [6.45, 7) is 5.19. The molecule has 0 spiro atoms. The minimum Gasteiger partial charge on any atom is -0.504 e. The van der Waals surface area contributed by atoms with Gasteiger partial charge in [-0.1, -0.05) is 0 Å². The number of phenolic OH excluding ortho intramolecular Hbond substituents is 1. The van der Waals surface area contributed by atoms with Crippen LogP contribution in [0.25, 0.3) is 0 Å². The van der Waals surface area contributed by atoms with Gasteiger partial charge >= 0.3 is 6.16 Å². The number of hydrogen-bond acceptors (Lipinski definition) is 5. The van der Waals surface area contributed by atoms with Crippen LogP contribution in [0.2, 0.25) is 0 Å². The van der Waals surface area contributed by atoms with E-state index >= 15 is 0 Å². The van der Waals surface area contributed by atoms with Gasteiger partial charge in [-0.3, -0.25) is 0 Å². The average Bonchev–Trinajstić information content (AvgIpc) is 2.22. The third-order valence-corrected chi connectivity index (χ3v) is 3.67. The van der Waals surface area contributed by atoms with Crippen LogP contribution in [0.1, 0.15) is 20.8 Å². The van der Waals surface area contributed by atoms with Gasteiger partial charge in [-0.05, 0) is 66.0 Å². The van der Waals surface area contributed by atoms with Crippen molar-refractivity contribution >= 4 is 51.3 Å². The number of ether oxygens (including phenoxy) is 3. The Morgan fingerprint density at radius 3 is 2.32 bits per heavy atom. The molecule has 0 aliphatic heterocycles. The van der Waals surface area contributed by atoms with Crippen molar-refractivity contribution < 1.29 is 24.1 Å². The van der Waals surface area contributed by atoms with Crippen molar-refractivity contribution in [2.75, 3.05) is 7.11 Å². The van der Waals surface area contributed by atoms with Gasteiger partial charge in [0, 0.05) is 6.07 Å². The van der Waals surface area contributed by atoms with Crippen molar-refractivity contribution in [2.45, 2.75) is 26.4 Å². The van der Waals surface area contributed by atoms with Gasteiger partial charge in [-0.2, -0.15) is 0 Å². The molecule has 19 heavy (non-hydrogen) atoms. The zero-order chi connectivity index (χ0) is 14.8. The van der Waals surface area contributed by atoms with E-state index in [0.717, 1.165) is 3.57 Å². The Labute approximate surface area is 138 Å². The van der Waals surface area contributed by atoms with Crippen LogP contribution in [0.5, 0.6) is 17.2 Å². The van der Waals surface area contributed by atoms with Crippen LogP contribution < -0.4 is 9.47 Å². The molecule has 0 unspecified atom stereocenters. The number of carbonyl (C=O) groups excluding carboxylic acids is 1. The molecule has 0 atom stereocenters. The number of phenols is 1. The SMILES string of the molecule is COc1c(I)cc(O)c(OC(=O)OC(C)(C)C)c1I. The summed E-state index contributed by atoms with van der Waals surface area (Å²) in [6.07, 6.45) is -0.871. The van der Waals surface area contributed by atoms with Crippen LogP contribution in [0.15, 0.2) is 6.07 Å². The lowest BCUT2D eigenvalue weighted by molar-refractivity contribution is 0.0198. The van der Waals surface area contributed by atoms with E-state index in [2.05, 4.69) is 0 Å². The molecular weight excluding hydrogens is 478 g/mol. The fourth-order valence-electron chi connectivity index (χ4n) is 1.21. The first-order chi connectivity index (χ1) is 8.65. The molecule has 5 nitrogen and oxygen atoms in total. The van der Waals surface area contributed by atoms with E-state index < -0.39 is 11.8 Å². The summed E-state index contributed by atoms with van der Waals surface area (Å²) in [5.41, 5.74) is -0.661. The quantitative estimate of drug-likeness (QED) is 0.386. The first kappa shape index (κ1) is 16.6. The number of methoxy groups -OCH3 is 1. The summed E-state index contributed by atoms with van der Waals surface area (Å²) in [4.78, 5) is 11.6. The van der Waals surface area contributed by atoms with Crippen molar-refractivity contribution in [1.29, 1.82) is 0 Å². The molecule has 1 aromatic carbocycles. The lowest BCUT2D eigenvalue weighted by atomic mass is 10.2. The van der Waals surface area contributed by atoms with Crippen molar-refractivity contribution in [2.24, 2.45) is 0 Å². The lowest BCUT2D eigenvalue weighted by Gasteiger charge is -2.19. The Hall–Kier alpha value is -0.450. The summed E-state index contributed by atoms with van der Waals surface area (Å²) >= 11 is 3.96. The van der Waals surface area contributed by atoms with Gasteiger partial charge in [0.1, 0.15) is 14.9 Å². The van der Waals surface area contributed by atoms with Crippen molar-refractivity contribution in [3.05, 3.63) is 13.2 Å². The van der Waals surface area contributed by atoms with Crippen LogP contribution in [0.4, 0.5) is 4.79 Å². The normalized spacial score (nSPS) is 11.1. The highest BCUT2D eigenvalue weighted by Crippen LogP contribution is 2.41. The second-order valence-electron chi connectivity index (χ2n) is 4.62. The third kappa shape index (κ3) is 4.55. The van der Waals surface area contributed by atoms with Crippen LogP contribution in [0.3, 0.4) is 0 Å². The fraction of sp³-hybridized carbons (Fsp3) is 0.417. The monoisotopic (exact) mass is 492 g/mol. The highest BCUT2D eigenvalue weighted by Gasteiger charge is 2.23. The highest BCUT2D eigenvalue weighted by atomic mass is 127. The van der Waals surface area contributed by atoms with E-state index in [-0.39, 0.29) is 11.5 Å². The van der Waals surface area contributed by atoms with E-state index in [1.165, 1.54) is 13.2 Å². The molecule has 0 aliphatic carbocycles. The number of hydrogen-bond donors (Lipinski definition) is 1. The summed E-state index contributed by atoms with van der Waals surface area (Å²) in [7, 11) is 1.51. The minimum atomic E-state index is -0.871. The first-order valence-corrected chi connectivity index (χ1v) is 7.47. The van der Waals surface area contributed by atoms with Gasteiger partial charge in [-0.15, -0.1) is 0 Å². The topological polar surface area (TPSA) is 65.0 Å². The van der Waals surface area contributed by atoms with Crippen LogP contribution in [-0.2, 0) is 4.74 Å². The molecule has 1 rings (SSSR count). The number of aromatic hydroxyl groups is 1. The lowest BCUT2D eigenvalue weighted by Crippen LogP contribution is -2.26. The molecule has 7 heteroatoms. The van der Waals surface area contributed by atoms with Crippen LogP contribution >= 0.6 is 45.2 Å². The van der Waals surface area contributed by atoms with E-state index in [1.54, 1.807) is 20.8 Å². The first-order valence-electron chi connectivity index (χ1n) is 5.31. The minimum absolute atomic E-state index is 0.0344. The van der Waals surface area contributed by atoms with E-state index in [1.807, 2.05) is 45.2 Å². The standard InChI is InChI=1S/C12H14I2O5/c1-12(2,3)19-11(16)18-10-7(15)5-6(13)9(17-4)8(10)14/h5,15H,1-4H3. The Bertz CT molecular complexity index is 494.